The topological polar surface area (TPSA) is 68.5 Å². The Morgan fingerprint density at radius 3 is 2.73 bits per heavy atom. The third-order valence-electron chi connectivity index (χ3n) is 4.97. The van der Waals surface area contributed by atoms with Crippen molar-refractivity contribution in [2.45, 2.75) is 32.2 Å². The molecule has 0 radical (unpaired) electrons. The van der Waals surface area contributed by atoms with E-state index in [2.05, 4.69) is 10.1 Å². The van der Waals surface area contributed by atoms with Crippen LogP contribution in [0.1, 0.15) is 37.1 Å². The molecule has 1 aliphatic rings. The summed E-state index contributed by atoms with van der Waals surface area (Å²) < 4.78 is 38.0. The van der Waals surface area contributed by atoms with E-state index in [4.69, 9.17) is 9.26 Å². The van der Waals surface area contributed by atoms with Crippen LogP contribution in [0.2, 0.25) is 0 Å². The van der Waals surface area contributed by atoms with Crippen molar-refractivity contribution in [2.24, 2.45) is 0 Å². The fourth-order valence-electron chi connectivity index (χ4n) is 3.38. The zero-order valence-corrected chi connectivity index (χ0v) is 16.5. The van der Waals surface area contributed by atoms with E-state index in [0.717, 1.165) is 23.8 Å². The van der Waals surface area contributed by atoms with Gasteiger partial charge in [0.25, 0.3) is 0 Å². The second kappa shape index (κ2) is 8.61. The first-order valence-corrected chi connectivity index (χ1v) is 9.82. The van der Waals surface area contributed by atoms with Gasteiger partial charge >= 0.3 is 0 Å². The van der Waals surface area contributed by atoms with Gasteiger partial charge in [-0.3, -0.25) is 4.79 Å². The summed E-state index contributed by atoms with van der Waals surface area (Å²) >= 11 is 0. The first kappa shape index (κ1) is 20.0. The molecule has 1 amide bonds. The van der Waals surface area contributed by atoms with E-state index in [1.807, 2.05) is 31.2 Å². The van der Waals surface area contributed by atoms with Crippen molar-refractivity contribution in [1.29, 1.82) is 0 Å². The molecule has 1 aromatic heterocycles. The lowest BCUT2D eigenvalue weighted by molar-refractivity contribution is -0.128. The van der Waals surface area contributed by atoms with Crippen molar-refractivity contribution in [2.75, 3.05) is 13.2 Å². The van der Waals surface area contributed by atoms with E-state index in [0.29, 0.717) is 24.9 Å². The molecule has 1 aliphatic heterocycles. The van der Waals surface area contributed by atoms with Crippen LogP contribution in [-0.2, 0) is 11.3 Å². The molecule has 0 aliphatic carbocycles. The Morgan fingerprint density at radius 1 is 1.20 bits per heavy atom. The number of rotatable bonds is 7. The Balaban J connectivity index is 1.43. The number of ether oxygens (including phenoxy) is 1. The number of carbonyl (C=O) groups is 1. The van der Waals surface area contributed by atoms with Gasteiger partial charge in [0.05, 0.1) is 12.5 Å². The molecule has 0 bridgehead atoms. The molecule has 0 N–H and O–H groups in total. The maximum Gasteiger partial charge on any atom is 0.232 e. The molecule has 4 rings (SSSR count). The zero-order chi connectivity index (χ0) is 21.1. The molecule has 0 saturated carbocycles. The third kappa shape index (κ3) is 4.32. The van der Waals surface area contributed by atoms with Gasteiger partial charge in [-0.2, -0.15) is 4.98 Å². The van der Waals surface area contributed by atoms with Crippen molar-refractivity contribution in [3.8, 4) is 17.1 Å². The van der Waals surface area contributed by atoms with Gasteiger partial charge in [0.2, 0.25) is 17.6 Å². The van der Waals surface area contributed by atoms with Gasteiger partial charge < -0.3 is 14.2 Å². The Morgan fingerprint density at radius 2 is 2.00 bits per heavy atom. The first-order chi connectivity index (χ1) is 14.5. The number of halogens is 2. The van der Waals surface area contributed by atoms with Crippen LogP contribution in [0, 0.1) is 11.6 Å². The van der Waals surface area contributed by atoms with E-state index in [9.17, 15) is 13.6 Å². The van der Waals surface area contributed by atoms with Crippen LogP contribution in [0.3, 0.4) is 0 Å². The normalized spacial score (nSPS) is 16.3. The summed E-state index contributed by atoms with van der Waals surface area (Å²) in [5.41, 5.74) is 1.05. The molecule has 1 atom stereocenters. The smallest absolute Gasteiger partial charge is 0.232 e. The molecule has 1 unspecified atom stereocenters. The van der Waals surface area contributed by atoms with Gasteiger partial charge in [-0.15, -0.1) is 0 Å². The molecule has 1 fully saturated rings. The average Bonchev–Trinajstić information content (AvgIpc) is 3.36. The second-order valence-electron chi connectivity index (χ2n) is 7.24. The first-order valence-electron chi connectivity index (χ1n) is 9.82. The minimum atomic E-state index is -0.669. The highest BCUT2D eigenvalue weighted by Crippen LogP contribution is 2.30. The number of nitrogens with zero attached hydrogens (tertiary/aromatic N) is 3. The molecule has 0 spiro atoms. The Bertz CT molecular complexity index is 1040. The lowest BCUT2D eigenvalue weighted by Crippen LogP contribution is -2.25. The highest BCUT2D eigenvalue weighted by molar-refractivity contribution is 5.79. The number of hydrogen-bond donors (Lipinski definition) is 0. The number of likely N-dealkylation sites (tertiary alicyclic amines) is 1. The van der Waals surface area contributed by atoms with Crippen LogP contribution in [0.25, 0.3) is 11.4 Å². The van der Waals surface area contributed by atoms with Crippen LogP contribution in [-0.4, -0.2) is 34.1 Å². The SMILES string of the molecule is CCCOc1ccc(-c2noc(C3CC(=O)N(Cc4ccc(F)cc4F)C3)n2)cc1. The third-order valence-corrected chi connectivity index (χ3v) is 4.97. The highest BCUT2D eigenvalue weighted by Gasteiger charge is 2.34. The largest absolute Gasteiger partial charge is 0.494 e. The van der Waals surface area contributed by atoms with Crippen molar-refractivity contribution >= 4 is 5.91 Å². The van der Waals surface area contributed by atoms with Crippen LogP contribution in [0.4, 0.5) is 8.78 Å². The maximum absolute atomic E-state index is 13.9. The summed E-state index contributed by atoms with van der Waals surface area (Å²) in [4.78, 5) is 18.3. The standard InChI is InChI=1S/C22H21F2N3O3/c1-2-9-29-18-7-4-14(5-8-18)21-25-22(30-26-21)16-10-20(28)27(13-16)12-15-3-6-17(23)11-19(15)24/h3-8,11,16H,2,9-10,12-13H2,1H3. The fraction of sp³-hybridized carbons (Fsp3) is 0.318. The number of amides is 1. The predicted molar refractivity (Wildman–Crippen MR) is 105 cm³/mol. The summed E-state index contributed by atoms with van der Waals surface area (Å²) in [7, 11) is 0. The fourth-order valence-corrected chi connectivity index (χ4v) is 3.38. The maximum atomic E-state index is 13.9. The van der Waals surface area contributed by atoms with Crippen LogP contribution >= 0.6 is 0 Å². The lowest BCUT2D eigenvalue weighted by atomic mass is 10.1. The van der Waals surface area contributed by atoms with Crippen molar-refractivity contribution in [3.63, 3.8) is 0 Å². The summed E-state index contributed by atoms with van der Waals surface area (Å²) in [5.74, 6) is -0.151. The molecule has 2 heterocycles. The number of carbonyl (C=O) groups excluding carboxylic acids is 1. The van der Waals surface area contributed by atoms with Crippen molar-refractivity contribution in [3.05, 3.63) is 65.6 Å². The molecule has 1 saturated heterocycles. The Kier molecular flexibility index (Phi) is 5.74. The minimum Gasteiger partial charge on any atom is -0.494 e. The van der Waals surface area contributed by atoms with Crippen LogP contribution in [0.15, 0.2) is 47.0 Å². The molecule has 3 aromatic rings. The number of aromatic nitrogens is 2. The molecule has 6 nitrogen and oxygen atoms in total. The summed E-state index contributed by atoms with van der Waals surface area (Å²) in [6.45, 7) is 3.10. The Labute approximate surface area is 172 Å². The number of hydrogen-bond acceptors (Lipinski definition) is 5. The quantitative estimate of drug-likeness (QED) is 0.577. The zero-order valence-electron chi connectivity index (χ0n) is 16.5. The molecular weight excluding hydrogens is 392 g/mol. The summed E-state index contributed by atoms with van der Waals surface area (Å²) in [5, 5.41) is 4.02. The molecule has 30 heavy (non-hydrogen) atoms. The van der Waals surface area contributed by atoms with Crippen molar-refractivity contribution < 1.29 is 22.8 Å². The van der Waals surface area contributed by atoms with Crippen LogP contribution < -0.4 is 4.74 Å². The lowest BCUT2D eigenvalue weighted by Gasteiger charge is -2.16. The van der Waals surface area contributed by atoms with E-state index in [1.165, 1.54) is 17.0 Å². The van der Waals surface area contributed by atoms with Gasteiger partial charge in [0.1, 0.15) is 17.4 Å². The monoisotopic (exact) mass is 413 g/mol. The van der Waals surface area contributed by atoms with E-state index >= 15 is 0 Å². The van der Waals surface area contributed by atoms with Gasteiger partial charge in [-0.1, -0.05) is 18.1 Å². The second-order valence-corrected chi connectivity index (χ2v) is 7.24. The Hall–Kier alpha value is -3.29. The van der Waals surface area contributed by atoms with E-state index < -0.39 is 11.6 Å². The minimum absolute atomic E-state index is 0.0711. The molecule has 8 heteroatoms. The summed E-state index contributed by atoms with van der Waals surface area (Å²) in [6, 6.07) is 10.7. The molecule has 2 aromatic carbocycles. The molecule has 156 valence electrons. The highest BCUT2D eigenvalue weighted by atomic mass is 19.1. The van der Waals surface area contributed by atoms with Gasteiger partial charge in [-0.05, 0) is 36.8 Å². The van der Waals surface area contributed by atoms with E-state index in [1.54, 1.807) is 0 Å². The van der Waals surface area contributed by atoms with Gasteiger partial charge in [0, 0.05) is 36.7 Å². The average molecular weight is 413 g/mol. The van der Waals surface area contributed by atoms with Crippen molar-refractivity contribution in [1.82, 2.24) is 15.0 Å². The van der Waals surface area contributed by atoms with Gasteiger partial charge in [-0.25, -0.2) is 8.78 Å². The number of benzene rings is 2. The van der Waals surface area contributed by atoms with E-state index in [-0.39, 0.29) is 30.4 Å². The molecular formula is C22H21F2N3O3. The van der Waals surface area contributed by atoms with Gasteiger partial charge in [0.15, 0.2) is 0 Å². The summed E-state index contributed by atoms with van der Waals surface area (Å²) in [6.07, 6.45) is 1.13. The van der Waals surface area contributed by atoms with Crippen LogP contribution in [0.5, 0.6) is 5.75 Å². The predicted octanol–water partition coefficient (Wildman–Crippen LogP) is 4.32.